The molecule has 0 aromatic heterocycles. The molecule has 0 aliphatic carbocycles. The van der Waals surface area contributed by atoms with Gasteiger partial charge in [0.05, 0.1) is 6.10 Å². The van der Waals surface area contributed by atoms with E-state index in [1.807, 2.05) is 12.1 Å². The lowest BCUT2D eigenvalue weighted by molar-refractivity contribution is 0.0864. The van der Waals surface area contributed by atoms with Crippen molar-refractivity contribution >= 4 is 21.7 Å². The van der Waals surface area contributed by atoms with Crippen molar-refractivity contribution in [1.82, 2.24) is 0 Å². The Labute approximate surface area is 130 Å². The molecule has 1 aromatic rings. The number of carbonyl (C=O) groups is 1. The van der Waals surface area contributed by atoms with Crippen LogP contribution < -0.4 is 0 Å². The van der Waals surface area contributed by atoms with Crippen LogP contribution >= 0.6 is 15.9 Å². The Morgan fingerprint density at radius 1 is 1.10 bits per heavy atom. The fourth-order valence-electron chi connectivity index (χ4n) is 2.23. The fourth-order valence-corrected chi connectivity index (χ4v) is 2.49. The Hall–Kier alpha value is -0.670. The smallest absolute Gasteiger partial charge is 0.165 e. The maximum Gasteiger partial charge on any atom is 0.165 e. The molecule has 0 amide bonds. The third-order valence-electron chi connectivity index (χ3n) is 3.48. The van der Waals surface area contributed by atoms with Crippen LogP contribution in [0.15, 0.2) is 28.7 Å². The lowest BCUT2D eigenvalue weighted by Gasteiger charge is -2.09. The van der Waals surface area contributed by atoms with Gasteiger partial charge in [-0.2, -0.15) is 0 Å². The summed E-state index contributed by atoms with van der Waals surface area (Å²) in [6.07, 6.45) is 7.70. The standard InChI is InChI=1S/C17H25BrO2/c1-2-3-4-5-6-7-8-16(19)13-17(20)14-9-11-15(18)12-10-14/h9-12,16,19H,2-8,13H2,1H3. The largest absolute Gasteiger partial charge is 0.393 e. The Kier molecular flexibility index (Phi) is 8.79. The van der Waals surface area contributed by atoms with Crippen LogP contribution in [0.5, 0.6) is 0 Å². The van der Waals surface area contributed by atoms with E-state index in [-0.39, 0.29) is 12.2 Å². The van der Waals surface area contributed by atoms with Crippen molar-refractivity contribution in [3.8, 4) is 0 Å². The molecule has 2 nitrogen and oxygen atoms in total. The first-order valence-electron chi connectivity index (χ1n) is 7.60. The highest BCUT2D eigenvalue weighted by atomic mass is 79.9. The predicted molar refractivity (Wildman–Crippen MR) is 87.1 cm³/mol. The predicted octanol–water partition coefficient (Wildman–Crippen LogP) is 5.13. The molecule has 20 heavy (non-hydrogen) atoms. The van der Waals surface area contributed by atoms with Gasteiger partial charge in [-0.25, -0.2) is 0 Å². The fraction of sp³-hybridized carbons (Fsp3) is 0.588. The minimum absolute atomic E-state index is 0.0241. The van der Waals surface area contributed by atoms with Gasteiger partial charge in [0, 0.05) is 16.5 Å². The molecule has 0 fully saturated rings. The first-order chi connectivity index (χ1) is 9.63. The van der Waals surface area contributed by atoms with Gasteiger partial charge in [-0.05, 0) is 18.6 Å². The molecule has 1 atom stereocenters. The quantitative estimate of drug-likeness (QED) is 0.473. The minimum Gasteiger partial charge on any atom is -0.393 e. The number of benzene rings is 1. The van der Waals surface area contributed by atoms with Crippen molar-refractivity contribution in [1.29, 1.82) is 0 Å². The van der Waals surface area contributed by atoms with Gasteiger partial charge in [0.2, 0.25) is 0 Å². The van der Waals surface area contributed by atoms with Gasteiger partial charge >= 0.3 is 0 Å². The number of aliphatic hydroxyl groups is 1. The molecule has 0 aliphatic heterocycles. The van der Waals surface area contributed by atoms with Gasteiger partial charge in [-0.1, -0.05) is 73.5 Å². The average Bonchev–Trinajstić information content (AvgIpc) is 2.43. The molecule has 0 spiro atoms. The Bertz CT molecular complexity index is 386. The molecule has 0 bridgehead atoms. The maximum absolute atomic E-state index is 12.0. The van der Waals surface area contributed by atoms with Crippen LogP contribution in [-0.4, -0.2) is 17.0 Å². The van der Waals surface area contributed by atoms with E-state index in [1.54, 1.807) is 12.1 Å². The number of hydrogen-bond donors (Lipinski definition) is 1. The zero-order chi connectivity index (χ0) is 14.8. The van der Waals surface area contributed by atoms with E-state index in [4.69, 9.17) is 0 Å². The second-order valence-electron chi connectivity index (χ2n) is 5.34. The SMILES string of the molecule is CCCCCCCCC(O)CC(=O)c1ccc(Br)cc1. The lowest BCUT2D eigenvalue weighted by atomic mass is 10.0. The summed E-state index contributed by atoms with van der Waals surface area (Å²) in [5, 5.41) is 9.91. The summed E-state index contributed by atoms with van der Waals surface area (Å²) in [6.45, 7) is 2.21. The minimum atomic E-state index is -0.502. The number of unbranched alkanes of at least 4 members (excludes halogenated alkanes) is 5. The topological polar surface area (TPSA) is 37.3 Å². The summed E-state index contributed by atoms with van der Waals surface area (Å²) in [5.41, 5.74) is 0.676. The summed E-state index contributed by atoms with van der Waals surface area (Å²) < 4.78 is 0.960. The van der Waals surface area contributed by atoms with E-state index in [0.717, 1.165) is 23.7 Å². The highest BCUT2D eigenvalue weighted by Gasteiger charge is 2.12. The molecular formula is C17H25BrO2. The third-order valence-corrected chi connectivity index (χ3v) is 4.01. The van der Waals surface area contributed by atoms with Crippen molar-refractivity contribution in [2.24, 2.45) is 0 Å². The lowest BCUT2D eigenvalue weighted by Crippen LogP contribution is -2.13. The maximum atomic E-state index is 12.0. The third kappa shape index (κ3) is 7.20. The van der Waals surface area contributed by atoms with Crippen LogP contribution in [0.4, 0.5) is 0 Å². The second kappa shape index (κ2) is 10.1. The Balaban J connectivity index is 2.19. The normalized spacial score (nSPS) is 12.3. The number of carbonyl (C=O) groups excluding carboxylic acids is 1. The van der Waals surface area contributed by atoms with Gasteiger partial charge in [-0.15, -0.1) is 0 Å². The van der Waals surface area contributed by atoms with E-state index in [1.165, 1.54) is 25.7 Å². The van der Waals surface area contributed by atoms with Crippen molar-refractivity contribution in [3.63, 3.8) is 0 Å². The molecule has 1 rings (SSSR count). The molecule has 0 radical (unpaired) electrons. The number of ketones is 1. The molecule has 1 N–H and O–H groups in total. The van der Waals surface area contributed by atoms with Crippen LogP contribution in [0.2, 0.25) is 0 Å². The number of halogens is 1. The zero-order valence-electron chi connectivity index (χ0n) is 12.3. The van der Waals surface area contributed by atoms with Crippen LogP contribution in [0.3, 0.4) is 0 Å². The summed E-state index contributed by atoms with van der Waals surface area (Å²) in [4.78, 5) is 12.0. The molecule has 3 heteroatoms. The molecule has 0 saturated carbocycles. The van der Waals surface area contributed by atoms with Crippen LogP contribution in [0.25, 0.3) is 0 Å². The first-order valence-corrected chi connectivity index (χ1v) is 8.39. The first kappa shape index (κ1) is 17.4. The van der Waals surface area contributed by atoms with Gasteiger partial charge < -0.3 is 5.11 Å². The van der Waals surface area contributed by atoms with Gasteiger partial charge in [0.25, 0.3) is 0 Å². The van der Waals surface area contributed by atoms with Crippen molar-refractivity contribution in [2.45, 2.75) is 64.4 Å². The van der Waals surface area contributed by atoms with Gasteiger partial charge in [0.15, 0.2) is 5.78 Å². The zero-order valence-corrected chi connectivity index (χ0v) is 13.9. The monoisotopic (exact) mass is 340 g/mol. The molecule has 1 unspecified atom stereocenters. The highest BCUT2D eigenvalue weighted by Crippen LogP contribution is 2.15. The van der Waals surface area contributed by atoms with Gasteiger partial charge in [-0.3, -0.25) is 4.79 Å². The molecule has 0 heterocycles. The van der Waals surface area contributed by atoms with Crippen LogP contribution in [0, 0.1) is 0 Å². The van der Waals surface area contributed by atoms with Crippen LogP contribution in [-0.2, 0) is 0 Å². The average molecular weight is 341 g/mol. The molecule has 0 aliphatic rings. The van der Waals surface area contributed by atoms with Crippen molar-refractivity contribution in [3.05, 3.63) is 34.3 Å². The molecule has 112 valence electrons. The molecule has 0 saturated heterocycles. The second-order valence-corrected chi connectivity index (χ2v) is 6.26. The molecular weight excluding hydrogens is 316 g/mol. The van der Waals surface area contributed by atoms with Gasteiger partial charge in [0.1, 0.15) is 0 Å². The van der Waals surface area contributed by atoms with Crippen molar-refractivity contribution < 1.29 is 9.90 Å². The summed E-state index contributed by atoms with van der Waals surface area (Å²) >= 11 is 3.34. The number of hydrogen-bond acceptors (Lipinski definition) is 2. The van der Waals surface area contributed by atoms with Crippen LogP contribution in [0.1, 0.15) is 68.6 Å². The van der Waals surface area contributed by atoms with E-state index in [9.17, 15) is 9.90 Å². The van der Waals surface area contributed by atoms with E-state index in [0.29, 0.717) is 5.56 Å². The number of aliphatic hydroxyl groups excluding tert-OH is 1. The highest BCUT2D eigenvalue weighted by molar-refractivity contribution is 9.10. The van der Waals surface area contributed by atoms with Crippen molar-refractivity contribution in [2.75, 3.05) is 0 Å². The summed E-state index contributed by atoms with van der Waals surface area (Å²) in [7, 11) is 0. The summed E-state index contributed by atoms with van der Waals surface area (Å²) in [6, 6.07) is 7.30. The number of Topliss-reactive ketones (excluding diaryl/α,β-unsaturated/α-hetero) is 1. The number of rotatable bonds is 10. The summed E-state index contributed by atoms with van der Waals surface area (Å²) in [5.74, 6) is 0.0241. The van der Waals surface area contributed by atoms with E-state index < -0.39 is 6.10 Å². The molecule has 1 aromatic carbocycles. The van der Waals surface area contributed by atoms with E-state index >= 15 is 0 Å². The van der Waals surface area contributed by atoms with E-state index in [2.05, 4.69) is 22.9 Å². The Morgan fingerprint density at radius 2 is 1.70 bits per heavy atom. The Morgan fingerprint density at radius 3 is 2.35 bits per heavy atom.